The van der Waals surface area contributed by atoms with E-state index in [1.807, 2.05) is 52.0 Å². The third-order valence-corrected chi connectivity index (χ3v) is 6.83. The van der Waals surface area contributed by atoms with Crippen LogP contribution in [0.5, 0.6) is 11.5 Å². The van der Waals surface area contributed by atoms with Gasteiger partial charge in [-0.05, 0) is 92.4 Å². The zero-order valence-electron chi connectivity index (χ0n) is 20.0. The van der Waals surface area contributed by atoms with Crippen LogP contribution in [0.4, 0.5) is 11.4 Å². The normalized spacial score (nSPS) is 12.0. The van der Waals surface area contributed by atoms with Crippen molar-refractivity contribution in [3.63, 3.8) is 0 Å². The van der Waals surface area contributed by atoms with E-state index in [0.29, 0.717) is 29.3 Å². The number of nitrogens with one attached hydrogen (secondary N) is 2. The molecule has 0 unspecified atom stereocenters. The second kappa shape index (κ2) is 10.6. The lowest BCUT2D eigenvalue weighted by molar-refractivity contribution is -0.122. The van der Waals surface area contributed by atoms with Crippen molar-refractivity contribution in [2.75, 3.05) is 17.1 Å². The highest BCUT2D eigenvalue weighted by atomic mass is 32.2. The van der Waals surface area contributed by atoms with Crippen molar-refractivity contribution in [1.82, 2.24) is 0 Å². The summed E-state index contributed by atoms with van der Waals surface area (Å²) in [5.74, 6) is 0.746. The van der Waals surface area contributed by atoms with Crippen LogP contribution in [0.3, 0.4) is 0 Å². The maximum absolute atomic E-state index is 12.8. The number of hydrogen-bond donors (Lipinski definition) is 2. The van der Waals surface area contributed by atoms with Gasteiger partial charge in [0.15, 0.2) is 6.10 Å². The SMILES string of the molecule is CC[C@H](Oc1ccc(C)c(C)c1)C(=O)Nc1ccc(S(=O)(=O)Nc2cc(C)ccc2OC)cc1. The van der Waals surface area contributed by atoms with Crippen LogP contribution >= 0.6 is 0 Å². The maximum Gasteiger partial charge on any atom is 0.265 e. The number of rotatable bonds is 9. The number of methoxy groups -OCH3 is 1. The summed E-state index contributed by atoms with van der Waals surface area (Å²) < 4.78 is 39.4. The predicted molar refractivity (Wildman–Crippen MR) is 134 cm³/mol. The first-order valence-corrected chi connectivity index (χ1v) is 12.4. The van der Waals surface area contributed by atoms with Crippen molar-refractivity contribution in [2.45, 2.75) is 45.1 Å². The standard InChI is InChI=1S/C26H30N2O5S/c1-6-24(33-21-11-8-18(3)19(4)16-21)26(29)27-20-9-12-22(13-10-20)34(30,31)28-23-15-17(2)7-14-25(23)32-5/h7-16,24,28H,6H2,1-5H3,(H,27,29)/t24-/m0/s1. The topological polar surface area (TPSA) is 93.7 Å². The van der Waals surface area contributed by atoms with E-state index in [4.69, 9.17) is 9.47 Å². The molecule has 1 atom stereocenters. The molecule has 0 spiro atoms. The van der Waals surface area contributed by atoms with E-state index in [0.717, 1.165) is 16.7 Å². The Balaban J connectivity index is 1.70. The molecule has 3 aromatic rings. The number of carbonyl (C=O) groups is 1. The number of benzene rings is 3. The highest BCUT2D eigenvalue weighted by Gasteiger charge is 2.20. The summed E-state index contributed by atoms with van der Waals surface area (Å²) in [6, 6.07) is 16.9. The van der Waals surface area contributed by atoms with Gasteiger partial charge in [0, 0.05) is 5.69 Å². The van der Waals surface area contributed by atoms with Gasteiger partial charge in [-0.1, -0.05) is 19.1 Å². The molecule has 0 aliphatic heterocycles. The molecule has 2 N–H and O–H groups in total. The Morgan fingerprint density at radius 1 is 0.941 bits per heavy atom. The van der Waals surface area contributed by atoms with Gasteiger partial charge >= 0.3 is 0 Å². The van der Waals surface area contributed by atoms with Gasteiger partial charge in [0.25, 0.3) is 15.9 Å². The van der Waals surface area contributed by atoms with Crippen LogP contribution in [0.25, 0.3) is 0 Å². The minimum Gasteiger partial charge on any atom is -0.495 e. The first kappa shape index (κ1) is 25.1. The molecule has 3 aromatic carbocycles. The highest BCUT2D eigenvalue weighted by Crippen LogP contribution is 2.28. The van der Waals surface area contributed by atoms with Crippen molar-refractivity contribution in [3.8, 4) is 11.5 Å². The van der Waals surface area contributed by atoms with E-state index in [9.17, 15) is 13.2 Å². The Labute approximate surface area is 201 Å². The van der Waals surface area contributed by atoms with Crippen molar-refractivity contribution >= 4 is 27.3 Å². The molecular formula is C26H30N2O5S. The Kier molecular flexibility index (Phi) is 7.83. The molecule has 0 aliphatic carbocycles. The lowest BCUT2D eigenvalue weighted by Gasteiger charge is -2.18. The Hall–Kier alpha value is -3.52. The zero-order valence-corrected chi connectivity index (χ0v) is 20.8. The van der Waals surface area contributed by atoms with Crippen LogP contribution < -0.4 is 19.5 Å². The summed E-state index contributed by atoms with van der Waals surface area (Å²) in [7, 11) is -2.37. The monoisotopic (exact) mass is 482 g/mol. The van der Waals surface area contributed by atoms with Gasteiger partial charge in [0.2, 0.25) is 0 Å². The molecule has 0 bridgehead atoms. The van der Waals surface area contributed by atoms with E-state index in [2.05, 4.69) is 10.0 Å². The van der Waals surface area contributed by atoms with Gasteiger partial charge in [-0.15, -0.1) is 0 Å². The summed E-state index contributed by atoms with van der Waals surface area (Å²) in [6.45, 7) is 7.73. The molecule has 8 heteroatoms. The van der Waals surface area contributed by atoms with Crippen LogP contribution in [-0.4, -0.2) is 27.5 Å². The maximum atomic E-state index is 12.8. The third-order valence-electron chi connectivity index (χ3n) is 5.45. The number of sulfonamides is 1. The summed E-state index contributed by atoms with van der Waals surface area (Å²) in [4.78, 5) is 12.8. The number of aryl methyl sites for hydroxylation is 3. The molecule has 0 aliphatic rings. The highest BCUT2D eigenvalue weighted by molar-refractivity contribution is 7.92. The van der Waals surface area contributed by atoms with Crippen LogP contribution in [-0.2, 0) is 14.8 Å². The minimum atomic E-state index is -3.84. The number of hydrogen-bond acceptors (Lipinski definition) is 5. The largest absolute Gasteiger partial charge is 0.495 e. The fourth-order valence-electron chi connectivity index (χ4n) is 3.32. The summed E-state index contributed by atoms with van der Waals surface area (Å²) in [5, 5.41) is 2.79. The summed E-state index contributed by atoms with van der Waals surface area (Å²) in [6.07, 6.45) is -0.200. The Morgan fingerprint density at radius 2 is 1.65 bits per heavy atom. The molecule has 1 amide bonds. The van der Waals surface area contributed by atoms with Gasteiger partial charge in [0.05, 0.1) is 17.7 Å². The molecule has 7 nitrogen and oxygen atoms in total. The van der Waals surface area contributed by atoms with E-state index >= 15 is 0 Å². The molecule has 3 rings (SSSR count). The van der Waals surface area contributed by atoms with Crippen molar-refractivity contribution < 1.29 is 22.7 Å². The van der Waals surface area contributed by atoms with Crippen LogP contribution in [0.1, 0.15) is 30.0 Å². The first-order valence-electron chi connectivity index (χ1n) is 10.9. The van der Waals surface area contributed by atoms with E-state index in [-0.39, 0.29) is 10.8 Å². The molecule has 0 saturated carbocycles. The molecule has 34 heavy (non-hydrogen) atoms. The van der Waals surface area contributed by atoms with Crippen LogP contribution in [0.2, 0.25) is 0 Å². The second-order valence-corrected chi connectivity index (χ2v) is 9.77. The van der Waals surface area contributed by atoms with Crippen LogP contribution in [0, 0.1) is 20.8 Å². The molecule has 0 saturated heterocycles. The Bertz CT molecular complexity index is 1270. The average Bonchev–Trinajstić information content (AvgIpc) is 2.80. The summed E-state index contributed by atoms with van der Waals surface area (Å²) >= 11 is 0. The van der Waals surface area contributed by atoms with Crippen molar-refractivity contribution in [1.29, 1.82) is 0 Å². The quantitative estimate of drug-likeness (QED) is 0.436. The minimum absolute atomic E-state index is 0.0625. The van der Waals surface area contributed by atoms with Gasteiger partial charge in [-0.25, -0.2) is 8.42 Å². The molecule has 0 heterocycles. The zero-order chi connectivity index (χ0) is 24.9. The summed E-state index contributed by atoms with van der Waals surface area (Å²) in [5.41, 5.74) is 3.95. The number of carbonyl (C=O) groups excluding carboxylic acids is 1. The van der Waals surface area contributed by atoms with Gasteiger partial charge < -0.3 is 14.8 Å². The molecular weight excluding hydrogens is 452 g/mol. The number of ether oxygens (including phenoxy) is 2. The fraction of sp³-hybridized carbons (Fsp3) is 0.269. The number of anilines is 2. The van der Waals surface area contributed by atoms with E-state index in [1.165, 1.54) is 19.2 Å². The lowest BCUT2D eigenvalue weighted by atomic mass is 10.1. The fourth-order valence-corrected chi connectivity index (χ4v) is 4.38. The molecule has 180 valence electrons. The van der Waals surface area contributed by atoms with Crippen molar-refractivity contribution in [3.05, 3.63) is 77.4 Å². The van der Waals surface area contributed by atoms with Crippen LogP contribution in [0.15, 0.2) is 65.6 Å². The van der Waals surface area contributed by atoms with E-state index < -0.39 is 16.1 Å². The number of amides is 1. The predicted octanol–water partition coefficient (Wildman–Crippen LogP) is 5.22. The average molecular weight is 483 g/mol. The lowest BCUT2D eigenvalue weighted by Crippen LogP contribution is -2.32. The van der Waals surface area contributed by atoms with Crippen molar-refractivity contribution in [2.24, 2.45) is 0 Å². The van der Waals surface area contributed by atoms with Gasteiger partial charge in [-0.2, -0.15) is 0 Å². The second-order valence-electron chi connectivity index (χ2n) is 8.08. The third kappa shape index (κ3) is 6.08. The molecule has 0 aromatic heterocycles. The first-order chi connectivity index (χ1) is 16.1. The smallest absolute Gasteiger partial charge is 0.265 e. The van der Waals surface area contributed by atoms with E-state index in [1.54, 1.807) is 24.3 Å². The van der Waals surface area contributed by atoms with Gasteiger partial charge in [-0.3, -0.25) is 9.52 Å². The molecule has 0 fully saturated rings. The molecule has 0 radical (unpaired) electrons. The van der Waals surface area contributed by atoms with Gasteiger partial charge in [0.1, 0.15) is 11.5 Å². The Morgan fingerprint density at radius 3 is 2.26 bits per heavy atom.